The predicted molar refractivity (Wildman–Crippen MR) is 70.4 cm³/mol. The smallest absolute Gasteiger partial charge is 0.142 e. The molecule has 0 spiro atoms. The average molecular weight is 278 g/mol. The third kappa shape index (κ3) is 2.35. The lowest BCUT2D eigenvalue weighted by molar-refractivity contribution is -0.959. The molecule has 1 aromatic rings. The van der Waals surface area contributed by atoms with E-state index in [9.17, 15) is 9.90 Å². The number of aliphatic carboxylic acids is 1. The summed E-state index contributed by atoms with van der Waals surface area (Å²) in [5.74, 6) is 0.860. The quantitative estimate of drug-likeness (QED) is 0.764. The van der Waals surface area contributed by atoms with Gasteiger partial charge >= 0.3 is 0 Å². The second-order valence-corrected chi connectivity index (χ2v) is 6.61. The minimum atomic E-state index is -0.903. The van der Waals surface area contributed by atoms with E-state index in [-0.39, 0.29) is 12.3 Å². The molecular formula is C15H22N2O3. The zero-order valence-corrected chi connectivity index (χ0v) is 12.2. The molecule has 4 rings (SSSR count). The highest BCUT2D eigenvalue weighted by Gasteiger charge is 2.46. The van der Waals surface area contributed by atoms with E-state index in [1.807, 2.05) is 13.8 Å². The average Bonchev–Trinajstić information content (AvgIpc) is 2.71. The van der Waals surface area contributed by atoms with Crippen LogP contribution >= 0.6 is 0 Å². The van der Waals surface area contributed by atoms with E-state index in [1.54, 1.807) is 0 Å². The van der Waals surface area contributed by atoms with E-state index in [0.29, 0.717) is 5.92 Å². The van der Waals surface area contributed by atoms with Gasteiger partial charge in [0.2, 0.25) is 0 Å². The summed E-state index contributed by atoms with van der Waals surface area (Å²) in [6, 6.07) is 0. The summed E-state index contributed by atoms with van der Waals surface area (Å²) in [5.41, 5.74) is 2.18. The van der Waals surface area contributed by atoms with Crippen molar-refractivity contribution < 1.29 is 18.9 Å². The molecule has 110 valence electrons. The minimum absolute atomic E-state index is 0.215. The van der Waals surface area contributed by atoms with Gasteiger partial charge in [0, 0.05) is 24.7 Å². The first-order valence-corrected chi connectivity index (χ1v) is 7.46. The number of hydrogen-bond acceptors (Lipinski definition) is 4. The van der Waals surface area contributed by atoms with Gasteiger partial charge in [-0.3, -0.25) is 0 Å². The van der Waals surface area contributed by atoms with Crippen molar-refractivity contribution in [2.45, 2.75) is 39.7 Å². The highest BCUT2D eigenvalue weighted by molar-refractivity contribution is 5.64. The molecular weight excluding hydrogens is 256 g/mol. The maximum Gasteiger partial charge on any atom is 0.142 e. The molecule has 0 N–H and O–H groups in total. The number of hydrogen-bond donors (Lipinski definition) is 0. The molecule has 3 fully saturated rings. The first kappa shape index (κ1) is 13.6. The lowest BCUT2D eigenvalue weighted by Gasteiger charge is -2.53. The summed E-state index contributed by atoms with van der Waals surface area (Å²) in [4.78, 5) is 10.9. The molecule has 2 bridgehead atoms. The molecule has 3 saturated heterocycles. The lowest BCUT2D eigenvalue weighted by atomic mass is 9.75. The van der Waals surface area contributed by atoms with E-state index in [4.69, 9.17) is 4.52 Å². The zero-order valence-electron chi connectivity index (χ0n) is 12.2. The summed E-state index contributed by atoms with van der Waals surface area (Å²) in [6.45, 7) is 8.14. The second-order valence-electron chi connectivity index (χ2n) is 6.61. The standard InChI is InChI=1S/C15H22N2O3/c1-10-14(11(2)20-16-10)9-17-5-3-12(4-6-17)13(8-17)7-15(18)19/h12-13H,3-9H2,1-2H3. The monoisotopic (exact) mass is 278 g/mol. The summed E-state index contributed by atoms with van der Waals surface area (Å²) in [7, 11) is 0. The van der Waals surface area contributed by atoms with E-state index < -0.39 is 5.97 Å². The molecule has 3 aliphatic rings. The molecule has 3 aliphatic heterocycles. The zero-order chi connectivity index (χ0) is 14.3. The molecule has 1 atom stereocenters. The number of aromatic nitrogens is 1. The Morgan fingerprint density at radius 2 is 2.10 bits per heavy atom. The second kappa shape index (κ2) is 4.88. The number of quaternary nitrogens is 1. The Labute approximate surface area is 119 Å². The number of carbonyl (C=O) groups is 1. The predicted octanol–water partition coefficient (Wildman–Crippen LogP) is 0.788. The van der Waals surface area contributed by atoms with Crippen LogP contribution in [0.3, 0.4) is 0 Å². The fraction of sp³-hybridized carbons (Fsp3) is 0.733. The molecule has 5 heteroatoms. The fourth-order valence-corrected chi connectivity index (χ4v) is 4.17. The Bertz CT molecular complexity index is 496. The third-order valence-corrected chi connectivity index (χ3v) is 5.34. The normalized spacial score (nSPS) is 32.5. The molecule has 4 heterocycles. The summed E-state index contributed by atoms with van der Waals surface area (Å²) < 4.78 is 6.26. The van der Waals surface area contributed by atoms with Crippen molar-refractivity contribution in [1.82, 2.24) is 5.16 Å². The van der Waals surface area contributed by atoms with Gasteiger partial charge in [-0.15, -0.1) is 0 Å². The number of fused-ring (bicyclic) bond motifs is 3. The van der Waals surface area contributed by atoms with Crippen molar-refractivity contribution in [1.29, 1.82) is 0 Å². The Kier molecular flexibility index (Phi) is 3.32. The molecule has 20 heavy (non-hydrogen) atoms. The molecule has 1 unspecified atom stereocenters. The molecule has 1 aromatic heterocycles. The van der Waals surface area contributed by atoms with Gasteiger partial charge in [0.05, 0.1) is 30.9 Å². The lowest BCUT2D eigenvalue weighted by Crippen LogP contribution is -2.61. The summed E-state index contributed by atoms with van der Waals surface area (Å²) >= 11 is 0. The number of rotatable bonds is 4. The van der Waals surface area contributed by atoms with Crippen LogP contribution < -0.4 is 5.11 Å². The van der Waals surface area contributed by atoms with Crippen LogP contribution in [0.5, 0.6) is 0 Å². The largest absolute Gasteiger partial charge is 0.550 e. The number of carboxylic acid groups (broad SMARTS) is 1. The van der Waals surface area contributed by atoms with Crippen LogP contribution in [-0.4, -0.2) is 35.2 Å². The van der Waals surface area contributed by atoms with Crippen LogP contribution in [0.2, 0.25) is 0 Å². The van der Waals surface area contributed by atoms with Gasteiger partial charge in [-0.25, -0.2) is 0 Å². The highest BCUT2D eigenvalue weighted by atomic mass is 16.5. The number of piperidine rings is 3. The molecule has 0 aliphatic carbocycles. The van der Waals surface area contributed by atoms with Gasteiger partial charge in [-0.2, -0.15) is 0 Å². The molecule has 0 amide bonds. The van der Waals surface area contributed by atoms with Gasteiger partial charge in [-0.05, 0) is 26.2 Å². The van der Waals surface area contributed by atoms with Crippen LogP contribution in [0.1, 0.15) is 36.3 Å². The van der Waals surface area contributed by atoms with Gasteiger partial charge in [-0.1, -0.05) is 5.16 Å². The van der Waals surface area contributed by atoms with Crippen molar-refractivity contribution in [3.8, 4) is 0 Å². The van der Waals surface area contributed by atoms with Crippen molar-refractivity contribution >= 4 is 5.97 Å². The van der Waals surface area contributed by atoms with Crippen LogP contribution in [0.15, 0.2) is 4.52 Å². The first-order chi connectivity index (χ1) is 9.49. The third-order valence-electron chi connectivity index (χ3n) is 5.34. The Balaban J connectivity index is 1.79. The van der Waals surface area contributed by atoms with Gasteiger partial charge in [0.15, 0.2) is 0 Å². The van der Waals surface area contributed by atoms with Crippen LogP contribution in [0.25, 0.3) is 0 Å². The van der Waals surface area contributed by atoms with Crippen LogP contribution in [-0.2, 0) is 11.3 Å². The van der Waals surface area contributed by atoms with E-state index in [0.717, 1.165) is 55.0 Å². The van der Waals surface area contributed by atoms with E-state index in [1.165, 1.54) is 5.56 Å². The number of aryl methyl sites for hydroxylation is 2. The van der Waals surface area contributed by atoms with Crippen LogP contribution in [0, 0.1) is 25.7 Å². The van der Waals surface area contributed by atoms with Gasteiger partial charge < -0.3 is 18.9 Å². The molecule has 0 aromatic carbocycles. The van der Waals surface area contributed by atoms with E-state index in [2.05, 4.69) is 5.16 Å². The van der Waals surface area contributed by atoms with Gasteiger partial charge in [0.25, 0.3) is 0 Å². The fourth-order valence-electron chi connectivity index (χ4n) is 4.17. The first-order valence-electron chi connectivity index (χ1n) is 7.46. The van der Waals surface area contributed by atoms with Crippen molar-refractivity contribution in [3.05, 3.63) is 17.0 Å². The highest BCUT2D eigenvalue weighted by Crippen LogP contribution is 2.40. The molecule has 0 radical (unpaired) electrons. The summed E-state index contributed by atoms with van der Waals surface area (Å²) in [5, 5.41) is 15.0. The van der Waals surface area contributed by atoms with E-state index >= 15 is 0 Å². The maximum atomic E-state index is 10.9. The van der Waals surface area contributed by atoms with Gasteiger partial charge in [0.1, 0.15) is 12.3 Å². The Morgan fingerprint density at radius 1 is 1.40 bits per heavy atom. The van der Waals surface area contributed by atoms with Crippen molar-refractivity contribution in [3.63, 3.8) is 0 Å². The Morgan fingerprint density at radius 3 is 2.65 bits per heavy atom. The van der Waals surface area contributed by atoms with Crippen molar-refractivity contribution in [2.24, 2.45) is 11.8 Å². The SMILES string of the molecule is Cc1noc(C)c1C[N+]12CCC(CC1)C(CC(=O)[O-])C2. The minimum Gasteiger partial charge on any atom is -0.550 e. The number of nitrogens with zero attached hydrogens (tertiary/aromatic N) is 2. The molecule has 0 saturated carbocycles. The van der Waals surface area contributed by atoms with Crippen molar-refractivity contribution in [2.75, 3.05) is 19.6 Å². The Hall–Kier alpha value is -1.36. The number of carboxylic acids is 1. The topological polar surface area (TPSA) is 66.2 Å². The van der Waals surface area contributed by atoms with Crippen LogP contribution in [0.4, 0.5) is 0 Å². The number of carbonyl (C=O) groups excluding carboxylic acids is 1. The maximum absolute atomic E-state index is 10.9. The molecule has 5 nitrogen and oxygen atoms in total. The summed E-state index contributed by atoms with van der Waals surface area (Å²) in [6.07, 6.45) is 2.49.